The van der Waals surface area contributed by atoms with Crippen molar-refractivity contribution in [3.63, 3.8) is 0 Å². The number of amides is 2. The van der Waals surface area contributed by atoms with Crippen LogP contribution in [0.25, 0.3) is 0 Å². The molecule has 0 aromatic heterocycles. The van der Waals surface area contributed by atoms with Crippen molar-refractivity contribution in [3.05, 3.63) is 94.5 Å². The summed E-state index contributed by atoms with van der Waals surface area (Å²) in [6.07, 6.45) is 2.32. The highest BCUT2D eigenvalue weighted by atomic mass is 35.5. The van der Waals surface area contributed by atoms with Crippen molar-refractivity contribution < 1.29 is 18.0 Å². The zero-order chi connectivity index (χ0) is 29.3. The van der Waals surface area contributed by atoms with E-state index in [1.807, 2.05) is 32.9 Å². The third kappa shape index (κ3) is 7.86. The van der Waals surface area contributed by atoms with Gasteiger partial charge < -0.3 is 10.2 Å². The quantitative estimate of drug-likeness (QED) is 0.260. The molecule has 0 bridgehead atoms. The Morgan fingerprint density at radius 2 is 1.60 bits per heavy atom. The second-order valence-electron chi connectivity index (χ2n) is 9.78. The Balaban J connectivity index is 2.03. The Morgan fingerprint density at radius 3 is 2.23 bits per heavy atom. The van der Waals surface area contributed by atoms with Crippen molar-refractivity contribution >= 4 is 39.1 Å². The number of hydrogen-bond acceptors (Lipinski definition) is 4. The minimum Gasteiger partial charge on any atom is -0.354 e. The van der Waals surface area contributed by atoms with Gasteiger partial charge in [-0.1, -0.05) is 79.9 Å². The fourth-order valence-electron chi connectivity index (χ4n) is 4.31. The van der Waals surface area contributed by atoms with E-state index >= 15 is 0 Å². The molecular weight excluding hydrogens is 546 g/mol. The molecule has 9 heteroatoms. The molecule has 214 valence electrons. The molecule has 0 aliphatic rings. The van der Waals surface area contributed by atoms with Gasteiger partial charge in [-0.15, -0.1) is 0 Å². The van der Waals surface area contributed by atoms with E-state index in [0.717, 1.165) is 33.8 Å². The number of carbonyl (C=O) groups is 2. The maximum atomic E-state index is 14.0. The van der Waals surface area contributed by atoms with Crippen molar-refractivity contribution in [2.75, 3.05) is 17.4 Å². The van der Waals surface area contributed by atoms with Crippen LogP contribution in [0.1, 0.15) is 50.3 Å². The molecule has 0 saturated heterocycles. The van der Waals surface area contributed by atoms with Crippen LogP contribution in [0.3, 0.4) is 0 Å². The lowest BCUT2D eigenvalue weighted by Crippen LogP contribution is -2.51. The van der Waals surface area contributed by atoms with Gasteiger partial charge in [0.25, 0.3) is 10.0 Å². The first-order chi connectivity index (χ1) is 19.1. The number of aryl methyl sites for hydroxylation is 2. The fraction of sp³-hybridized carbons (Fsp3) is 0.355. The first kappa shape index (κ1) is 31.2. The third-order valence-corrected chi connectivity index (χ3v) is 8.82. The van der Waals surface area contributed by atoms with Gasteiger partial charge in [0.1, 0.15) is 12.6 Å². The monoisotopic (exact) mass is 583 g/mol. The van der Waals surface area contributed by atoms with E-state index in [4.69, 9.17) is 11.6 Å². The Bertz CT molecular complexity index is 1390. The number of halogens is 1. The summed E-state index contributed by atoms with van der Waals surface area (Å²) in [6, 6.07) is 19.9. The number of sulfonamides is 1. The van der Waals surface area contributed by atoms with Crippen molar-refractivity contribution in [3.8, 4) is 0 Å². The minimum atomic E-state index is -4.11. The largest absolute Gasteiger partial charge is 0.354 e. The lowest BCUT2D eigenvalue weighted by molar-refractivity contribution is -0.139. The van der Waals surface area contributed by atoms with Crippen LogP contribution >= 0.6 is 11.6 Å². The van der Waals surface area contributed by atoms with Crippen LogP contribution in [-0.2, 0) is 32.6 Å². The number of anilines is 1. The predicted molar refractivity (Wildman–Crippen MR) is 161 cm³/mol. The molecule has 3 aromatic rings. The maximum absolute atomic E-state index is 14.0. The van der Waals surface area contributed by atoms with E-state index in [9.17, 15) is 18.0 Å². The van der Waals surface area contributed by atoms with Crippen molar-refractivity contribution in [2.24, 2.45) is 0 Å². The van der Waals surface area contributed by atoms with Gasteiger partial charge >= 0.3 is 0 Å². The fourth-order valence-corrected chi connectivity index (χ4v) is 5.89. The van der Waals surface area contributed by atoms with Crippen molar-refractivity contribution in [2.45, 2.75) is 64.4 Å². The van der Waals surface area contributed by atoms with E-state index in [1.54, 1.807) is 67.6 Å². The Morgan fingerprint density at radius 1 is 0.950 bits per heavy atom. The normalized spacial score (nSPS) is 12.0. The second-order valence-corrected chi connectivity index (χ2v) is 12.1. The standard InChI is InChI=1S/C31H38ClN3O4S/c1-5-7-20-33-31(37)24(4)34(21-25-14-16-27(32)17-15-25)30(36)22-35(29-11-9-8-10-26(29)6-2)40(38,39)28-18-12-23(3)13-19-28/h8-19,24H,5-7,20-22H2,1-4H3,(H,33,37)/t24-/m0/s1. The summed E-state index contributed by atoms with van der Waals surface area (Å²) in [5.41, 5.74) is 2.92. The van der Waals surface area contributed by atoms with Crippen molar-refractivity contribution in [1.82, 2.24) is 10.2 Å². The van der Waals surface area contributed by atoms with E-state index in [2.05, 4.69) is 5.32 Å². The zero-order valence-electron chi connectivity index (χ0n) is 23.6. The number of rotatable bonds is 13. The van der Waals surface area contributed by atoms with E-state index in [0.29, 0.717) is 23.7 Å². The van der Waals surface area contributed by atoms with Gasteiger partial charge in [-0.05, 0) is 68.1 Å². The van der Waals surface area contributed by atoms with Crippen LogP contribution in [-0.4, -0.2) is 44.3 Å². The molecule has 0 aliphatic heterocycles. The van der Waals surface area contributed by atoms with E-state index in [1.165, 1.54) is 4.90 Å². The molecule has 0 saturated carbocycles. The molecule has 40 heavy (non-hydrogen) atoms. The van der Waals surface area contributed by atoms with Gasteiger partial charge in [-0.3, -0.25) is 13.9 Å². The first-order valence-electron chi connectivity index (χ1n) is 13.6. The van der Waals surface area contributed by atoms with Crippen LogP contribution in [0.15, 0.2) is 77.7 Å². The molecule has 7 nitrogen and oxygen atoms in total. The van der Waals surface area contributed by atoms with Crippen LogP contribution in [0, 0.1) is 6.92 Å². The third-order valence-electron chi connectivity index (χ3n) is 6.79. The zero-order valence-corrected chi connectivity index (χ0v) is 25.1. The summed E-state index contributed by atoms with van der Waals surface area (Å²) < 4.78 is 29.2. The molecule has 1 atom stereocenters. The molecule has 2 amide bonds. The highest BCUT2D eigenvalue weighted by Crippen LogP contribution is 2.28. The maximum Gasteiger partial charge on any atom is 0.264 e. The molecule has 1 N–H and O–H groups in total. The summed E-state index contributed by atoms with van der Waals surface area (Å²) in [5.74, 6) is -0.785. The van der Waals surface area contributed by atoms with E-state index < -0.39 is 28.5 Å². The van der Waals surface area contributed by atoms with Gasteiger partial charge in [0.2, 0.25) is 11.8 Å². The summed E-state index contributed by atoms with van der Waals surface area (Å²) in [5, 5.41) is 3.45. The molecule has 0 unspecified atom stereocenters. The second kappa shape index (κ2) is 14.3. The summed E-state index contributed by atoms with van der Waals surface area (Å²) in [7, 11) is -4.11. The van der Waals surface area contributed by atoms with Crippen molar-refractivity contribution in [1.29, 1.82) is 0 Å². The molecule has 3 aromatic carbocycles. The Hall–Kier alpha value is -3.36. The van der Waals surface area contributed by atoms with Gasteiger partial charge in [0.15, 0.2) is 0 Å². The molecule has 3 rings (SSSR count). The minimum absolute atomic E-state index is 0.0893. The topological polar surface area (TPSA) is 86.8 Å². The molecule has 0 radical (unpaired) electrons. The van der Waals surface area contributed by atoms with Gasteiger partial charge in [-0.2, -0.15) is 0 Å². The Kier molecular flexibility index (Phi) is 11.2. The number of nitrogens with one attached hydrogen (secondary N) is 1. The van der Waals surface area contributed by atoms with Gasteiger partial charge in [0, 0.05) is 18.1 Å². The molecule has 0 heterocycles. The van der Waals surface area contributed by atoms with Crippen LogP contribution in [0.4, 0.5) is 5.69 Å². The smallest absolute Gasteiger partial charge is 0.264 e. The highest BCUT2D eigenvalue weighted by Gasteiger charge is 2.33. The molecule has 0 aliphatic carbocycles. The molecular formula is C31H38ClN3O4S. The molecule has 0 fully saturated rings. The van der Waals surface area contributed by atoms with Gasteiger partial charge in [-0.25, -0.2) is 8.42 Å². The van der Waals surface area contributed by atoms with Crippen LogP contribution < -0.4 is 9.62 Å². The number of benzene rings is 3. The first-order valence-corrected chi connectivity index (χ1v) is 15.4. The number of para-hydroxylation sites is 1. The average Bonchev–Trinajstić information content (AvgIpc) is 2.95. The SMILES string of the molecule is CCCCNC(=O)[C@H](C)N(Cc1ccc(Cl)cc1)C(=O)CN(c1ccccc1CC)S(=O)(=O)c1ccc(C)cc1. The number of hydrogen-bond donors (Lipinski definition) is 1. The summed E-state index contributed by atoms with van der Waals surface area (Å²) >= 11 is 6.06. The number of carbonyl (C=O) groups excluding carboxylic acids is 2. The highest BCUT2D eigenvalue weighted by molar-refractivity contribution is 7.92. The van der Waals surface area contributed by atoms with Crippen LogP contribution in [0.2, 0.25) is 5.02 Å². The molecule has 0 spiro atoms. The Labute approximate surface area is 243 Å². The van der Waals surface area contributed by atoms with E-state index in [-0.39, 0.29) is 17.3 Å². The lowest BCUT2D eigenvalue weighted by Gasteiger charge is -2.32. The summed E-state index contributed by atoms with van der Waals surface area (Å²) in [4.78, 5) is 28.6. The van der Waals surface area contributed by atoms with Crippen LogP contribution in [0.5, 0.6) is 0 Å². The summed E-state index contributed by atoms with van der Waals surface area (Å²) in [6.45, 7) is 7.66. The van der Waals surface area contributed by atoms with Gasteiger partial charge in [0.05, 0.1) is 10.6 Å². The predicted octanol–water partition coefficient (Wildman–Crippen LogP) is 5.74. The lowest BCUT2D eigenvalue weighted by atomic mass is 10.1. The number of nitrogens with zero attached hydrogens (tertiary/aromatic N) is 2. The average molecular weight is 584 g/mol. The number of unbranched alkanes of at least 4 members (excludes halogenated alkanes) is 1.